The fraction of sp³-hybridized carbons (Fsp3) is 0.355. The molecule has 2 atom stereocenters. The average Bonchev–Trinajstić information content (AvgIpc) is 2.91. The number of carbonyl (C=O) groups is 2. The van der Waals surface area contributed by atoms with Crippen molar-refractivity contribution in [2.45, 2.75) is 51.8 Å². The van der Waals surface area contributed by atoms with Gasteiger partial charge in [0.05, 0.1) is 12.1 Å². The lowest BCUT2D eigenvalue weighted by molar-refractivity contribution is 0.0755. The van der Waals surface area contributed by atoms with Crippen LogP contribution in [0.4, 0.5) is 8.78 Å². The number of amides is 2. The fourth-order valence-electron chi connectivity index (χ4n) is 4.50. The number of nitrogens with one attached hydrogen (secondary N) is 2. The smallest absolute Gasteiger partial charge is 0.253 e. The van der Waals surface area contributed by atoms with E-state index in [0.717, 1.165) is 24.5 Å². The van der Waals surface area contributed by atoms with Gasteiger partial charge in [-0.3, -0.25) is 9.59 Å². The van der Waals surface area contributed by atoms with Crippen LogP contribution in [0.3, 0.4) is 0 Å². The van der Waals surface area contributed by atoms with Crippen LogP contribution < -0.4 is 10.6 Å². The number of rotatable bonds is 14. The summed E-state index contributed by atoms with van der Waals surface area (Å²) in [6.07, 6.45) is 0.460. The highest BCUT2D eigenvalue weighted by Crippen LogP contribution is 2.19. The van der Waals surface area contributed by atoms with Gasteiger partial charge in [-0.15, -0.1) is 0 Å². The molecule has 3 aromatic carbocycles. The molecule has 0 bridgehead atoms. The minimum atomic E-state index is -1.09. The van der Waals surface area contributed by atoms with Gasteiger partial charge in [-0.25, -0.2) is 8.78 Å². The van der Waals surface area contributed by atoms with Crippen molar-refractivity contribution < 1.29 is 23.5 Å². The molecule has 0 saturated carbocycles. The zero-order valence-electron chi connectivity index (χ0n) is 22.8. The third-order valence-electron chi connectivity index (χ3n) is 6.37. The normalized spacial score (nSPS) is 12.6. The zero-order chi connectivity index (χ0) is 29.1. The Morgan fingerprint density at radius 1 is 0.900 bits per heavy atom. The summed E-state index contributed by atoms with van der Waals surface area (Å²) in [5, 5.41) is 17.2. The van der Waals surface area contributed by atoms with Gasteiger partial charge < -0.3 is 20.6 Å². The van der Waals surface area contributed by atoms with E-state index in [9.17, 15) is 23.5 Å². The Morgan fingerprint density at radius 3 is 2.15 bits per heavy atom. The number of halogens is 3. The maximum atomic E-state index is 13.9. The molecule has 0 spiro atoms. The quantitative estimate of drug-likeness (QED) is 0.243. The topological polar surface area (TPSA) is 81.7 Å². The number of aliphatic hydroxyl groups excluding tert-OH is 1. The number of nitrogens with zero attached hydrogens (tertiary/aromatic N) is 1. The lowest BCUT2D eigenvalue weighted by atomic mass is 9.99. The Kier molecular flexibility index (Phi) is 12.1. The molecule has 3 rings (SSSR count). The first-order chi connectivity index (χ1) is 19.2. The molecule has 0 unspecified atom stereocenters. The lowest BCUT2D eigenvalue weighted by Crippen LogP contribution is -2.48. The van der Waals surface area contributed by atoms with Crippen LogP contribution in [0.2, 0.25) is 5.02 Å². The fourth-order valence-corrected chi connectivity index (χ4v) is 4.74. The van der Waals surface area contributed by atoms with Crippen LogP contribution in [-0.2, 0) is 13.0 Å². The van der Waals surface area contributed by atoms with Crippen LogP contribution in [0.1, 0.15) is 58.5 Å². The molecule has 214 valence electrons. The molecular weight excluding hydrogens is 536 g/mol. The Bertz CT molecular complexity index is 1250. The predicted molar refractivity (Wildman–Crippen MR) is 153 cm³/mol. The molecular formula is C31H36ClF2N3O3. The van der Waals surface area contributed by atoms with Crippen molar-refractivity contribution in [2.75, 3.05) is 19.6 Å². The van der Waals surface area contributed by atoms with Gasteiger partial charge in [0.2, 0.25) is 0 Å². The van der Waals surface area contributed by atoms with Crippen LogP contribution >= 0.6 is 11.6 Å². The first kappa shape index (κ1) is 31.2. The molecule has 0 aliphatic carbocycles. The summed E-state index contributed by atoms with van der Waals surface area (Å²) in [6.45, 7) is 5.72. The number of benzene rings is 3. The van der Waals surface area contributed by atoms with E-state index in [-0.39, 0.29) is 40.6 Å². The van der Waals surface area contributed by atoms with Gasteiger partial charge in [0.25, 0.3) is 11.8 Å². The van der Waals surface area contributed by atoms with Crippen LogP contribution in [-0.4, -0.2) is 53.6 Å². The summed E-state index contributed by atoms with van der Waals surface area (Å²) in [6, 6.07) is 16.2. The lowest BCUT2D eigenvalue weighted by Gasteiger charge is -2.25. The average molecular weight is 572 g/mol. The van der Waals surface area contributed by atoms with Crippen molar-refractivity contribution in [3.63, 3.8) is 0 Å². The number of hydrogen-bond acceptors (Lipinski definition) is 4. The second kappa shape index (κ2) is 15.5. The van der Waals surface area contributed by atoms with Crippen molar-refractivity contribution in [3.8, 4) is 0 Å². The van der Waals surface area contributed by atoms with E-state index in [1.807, 2.05) is 44.2 Å². The Morgan fingerprint density at radius 2 is 1.52 bits per heavy atom. The molecule has 6 nitrogen and oxygen atoms in total. The minimum absolute atomic E-state index is 0.0261. The van der Waals surface area contributed by atoms with E-state index < -0.39 is 29.7 Å². The third kappa shape index (κ3) is 9.40. The largest absolute Gasteiger partial charge is 0.390 e. The van der Waals surface area contributed by atoms with E-state index in [1.165, 1.54) is 30.3 Å². The second-order valence-corrected chi connectivity index (χ2v) is 10.2. The molecule has 0 aromatic heterocycles. The van der Waals surface area contributed by atoms with E-state index in [4.69, 9.17) is 11.6 Å². The zero-order valence-corrected chi connectivity index (χ0v) is 23.6. The minimum Gasteiger partial charge on any atom is -0.390 e. The first-order valence-corrected chi connectivity index (χ1v) is 13.9. The number of hydrogen-bond donors (Lipinski definition) is 3. The highest BCUT2D eigenvalue weighted by atomic mass is 35.5. The van der Waals surface area contributed by atoms with Crippen molar-refractivity contribution in [1.29, 1.82) is 0 Å². The third-order valence-corrected chi connectivity index (χ3v) is 6.58. The summed E-state index contributed by atoms with van der Waals surface area (Å²) in [5.74, 6) is -2.30. The molecule has 3 N–H and O–H groups in total. The van der Waals surface area contributed by atoms with Crippen molar-refractivity contribution in [3.05, 3.63) is 106 Å². The van der Waals surface area contributed by atoms with Crippen molar-refractivity contribution in [1.82, 2.24) is 15.5 Å². The maximum Gasteiger partial charge on any atom is 0.253 e. The van der Waals surface area contributed by atoms with Crippen LogP contribution in [0, 0.1) is 11.6 Å². The van der Waals surface area contributed by atoms with Gasteiger partial charge in [-0.05, 0) is 60.7 Å². The second-order valence-electron chi connectivity index (χ2n) is 9.77. The van der Waals surface area contributed by atoms with E-state index in [1.54, 1.807) is 4.90 Å². The Balaban J connectivity index is 1.80. The highest BCUT2D eigenvalue weighted by molar-refractivity contribution is 6.31. The first-order valence-electron chi connectivity index (χ1n) is 13.5. The maximum absolute atomic E-state index is 13.9. The SMILES string of the molecule is CCCN(CCC)C(=O)c1cc(Cl)cc(C(=O)N[C@@H](Cc2cc(F)cc(F)c2)[C@H](O)CNCc2ccccc2)c1. The van der Waals surface area contributed by atoms with Gasteiger partial charge in [-0.2, -0.15) is 0 Å². The molecule has 0 aliphatic heterocycles. The van der Waals surface area contributed by atoms with Gasteiger partial charge in [0.1, 0.15) is 11.6 Å². The van der Waals surface area contributed by atoms with Crippen LogP contribution in [0.25, 0.3) is 0 Å². The van der Waals surface area contributed by atoms with Crippen LogP contribution in [0.15, 0.2) is 66.7 Å². The number of aliphatic hydroxyl groups is 1. The van der Waals surface area contributed by atoms with Gasteiger partial charge in [0.15, 0.2) is 0 Å². The summed E-state index contributed by atoms with van der Waals surface area (Å²) < 4.78 is 27.8. The summed E-state index contributed by atoms with van der Waals surface area (Å²) in [4.78, 5) is 28.2. The van der Waals surface area contributed by atoms with Crippen LogP contribution in [0.5, 0.6) is 0 Å². The Hall–Kier alpha value is -3.33. The highest BCUT2D eigenvalue weighted by Gasteiger charge is 2.24. The molecule has 0 fully saturated rings. The molecule has 0 saturated heterocycles. The molecule has 0 aliphatic rings. The molecule has 40 heavy (non-hydrogen) atoms. The van der Waals surface area contributed by atoms with E-state index >= 15 is 0 Å². The summed E-state index contributed by atoms with van der Waals surface area (Å²) in [7, 11) is 0. The molecule has 0 radical (unpaired) electrons. The standard InChI is InChI=1S/C31H36ClF2N3O3/c1-3-10-37(11-4-2)31(40)24-15-23(16-25(32)17-24)30(39)36-28(14-22-12-26(33)18-27(34)13-22)29(38)20-35-19-21-8-6-5-7-9-21/h5-9,12-13,15-18,28-29,35,38H,3-4,10-11,14,19-20H2,1-2H3,(H,36,39)/t28-,29+/m0/s1. The van der Waals surface area contributed by atoms with Gasteiger partial charge in [0, 0.05) is 48.4 Å². The molecule has 9 heteroatoms. The Labute approximate surface area is 239 Å². The summed E-state index contributed by atoms with van der Waals surface area (Å²) in [5.41, 5.74) is 1.72. The van der Waals surface area contributed by atoms with Gasteiger partial charge in [-0.1, -0.05) is 55.8 Å². The molecule has 0 heterocycles. The molecule has 3 aromatic rings. The van der Waals surface area contributed by atoms with E-state index in [2.05, 4.69) is 10.6 Å². The van der Waals surface area contributed by atoms with Gasteiger partial charge >= 0.3 is 0 Å². The number of carbonyl (C=O) groups excluding carboxylic acids is 2. The summed E-state index contributed by atoms with van der Waals surface area (Å²) >= 11 is 6.29. The molecule has 2 amide bonds. The van der Waals surface area contributed by atoms with Crippen molar-refractivity contribution >= 4 is 23.4 Å². The van der Waals surface area contributed by atoms with Crippen molar-refractivity contribution in [2.24, 2.45) is 0 Å². The monoisotopic (exact) mass is 571 g/mol. The predicted octanol–water partition coefficient (Wildman–Crippen LogP) is 5.37. The van der Waals surface area contributed by atoms with E-state index in [0.29, 0.717) is 19.6 Å².